The van der Waals surface area contributed by atoms with Gasteiger partial charge in [-0.1, -0.05) is 20.3 Å². The van der Waals surface area contributed by atoms with E-state index < -0.39 is 11.6 Å². The maximum atomic E-state index is 12.6. The largest absolute Gasteiger partial charge is 0.481 e. The van der Waals surface area contributed by atoms with Crippen molar-refractivity contribution in [2.45, 2.75) is 98.0 Å². The van der Waals surface area contributed by atoms with E-state index in [0.29, 0.717) is 65.1 Å². The molecular formula is C36H66N2O13. The summed E-state index contributed by atoms with van der Waals surface area (Å²) in [6, 6.07) is 0. The van der Waals surface area contributed by atoms with Crippen LogP contribution in [0.2, 0.25) is 0 Å². The first-order valence-electron chi connectivity index (χ1n) is 18.3. The molecule has 15 nitrogen and oxygen atoms in total. The first-order valence-corrected chi connectivity index (χ1v) is 18.3. The number of hydrogen-bond donors (Lipinski definition) is 3. The molecule has 0 aliphatic heterocycles. The number of Topliss-reactive ketones (excluding diaryl/α,β-unsaturated/α-hetero) is 1. The number of hydrogen-bond acceptors (Lipinski definition) is 12. The maximum absolute atomic E-state index is 12.6. The molecule has 0 heterocycles. The third kappa shape index (κ3) is 34.2. The molecule has 0 rings (SSSR count). The SMILES string of the molecule is CCC(CCC(C)CCCOCCOCCC(=O)O)C(=O)COCCOCCNC(=O)COCCOCCNC(=O)CCCC(=O)OC(C)(C)C. The van der Waals surface area contributed by atoms with Crippen molar-refractivity contribution in [3.05, 3.63) is 0 Å². The van der Waals surface area contributed by atoms with Crippen LogP contribution in [-0.2, 0) is 57.1 Å². The van der Waals surface area contributed by atoms with Gasteiger partial charge in [0.2, 0.25) is 11.8 Å². The molecule has 2 amide bonds. The second kappa shape index (κ2) is 32.0. The summed E-state index contributed by atoms with van der Waals surface area (Å²) in [6.07, 6.45) is 5.32. The lowest BCUT2D eigenvalue weighted by atomic mass is 9.90. The molecule has 0 aliphatic rings. The first-order chi connectivity index (χ1) is 24.3. The number of rotatable bonds is 35. The minimum atomic E-state index is -0.874. The number of amides is 2. The van der Waals surface area contributed by atoms with Gasteiger partial charge in [0.1, 0.15) is 18.8 Å². The molecule has 51 heavy (non-hydrogen) atoms. The maximum Gasteiger partial charge on any atom is 0.306 e. The number of esters is 1. The van der Waals surface area contributed by atoms with Crippen LogP contribution in [0, 0.1) is 11.8 Å². The second-order valence-electron chi connectivity index (χ2n) is 13.2. The van der Waals surface area contributed by atoms with Gasteiger partial charge in [0.25, 0.3) is 0 Å². The van der Waals surface area contributed by atoms with Crippen LogP contribution in [0.4, 0.5) is 0 Å². The zero-order valence-corrected chi connectivity index (χ0v) is 31.8. The van der Waals surface area contributed by atoms with Crippen LogP contribution in [0.1, 0.15) is 92.4 Å². The third-order valence-electron chi connectivity index (χ3n) is 7.34. The van der Waals surface area contributed by atoms with Crippen LogP contribution in [-0.4, -0.2) is 133 Å². The van der Waals surface area contributed by atoms with E-state index in [0.717, 1.165) is 32.1 Å². The molecule has 298 valence electrons. The van der Waals surface area contributed by atoms with Crippen molar-refractivity contribution in [1.82, 2.24) is 10.6 Å². The Labute approximate surface area is 304 Å². The van der Waals surface area contributed by atoms with Crippen molar-refractivity contribution >= 4 is 29.5 Å². The Morgan fingerprint density at radius 1 is 0.608 bits per heavy atom. The van der Waals surface area contributed by atoms with Crippen LogP contribution < -0.4 is 10.6 Å². The molecule has 2 atom stereocenters. The fraction of sp³-hybridized carbons (Fsp3) is 0.861. The van der Waals surface area contributed by atoms with Gasteiger partial charge in [0.05, 0.1) is 65.9 Å². The van der Waals surface area contributed by atoms with E-state index in [1.807, 2.05) is 6.92 Å². The van der Waals surface area contributed by atoms with Crippen molar-refractivity contribution in [3.8, 4) is 0 Å². The molecule has 0 aromatic carbocycles. The van der Waals surface area contributed by atoms with Crippen molar-refractivity contribution in [2.24, 2.45) is 11.8 Å². The van der Waals surface area contributed by atoms with Crippen LogP contribution in [0.15, 0.2) is 0 Å². The highest BCUT2D eigenvalue weighted by Crippen LogP contribution is 2.20. The zero-order valence-electron chi connectivity index (χ0n) is 31.8. The summed E-state index contributed by atoms with van der Waals surface area (Å²) < 4.78 is 37.6. The van der Waals surface area contributed by atoms with Crippen LogP contribution in [0.3, 0.4) is 0 Å². The van der Waals surface area contributed by atoms with Gasteiger partial charge in [-0.2, -0.15) is 0 Å². The van der Waals surface area contributed by atoms with E-state index in [4.69, 9.17) is 38.3 Å². The average molecular weight is 735 g/mol. The number of carbonyl (C=O) groups excluding carboxylic acids is 4. The topological polar surface area (TPSA) is 194 Å². The second-order valence-corrected chi connectivity index (χ2v) is 13.2. The molecule has 0 aliphatic carbocycles. The lowest BCUT2D eigenvalue weighted by molar-refractivity contribution is -0.155. The number of nitrogens with one attached hydrogen (secondary N) is 2. The molecule has 0 radical (unpaired) electrons. The highest BCUT2D eigenvalue weighted by atomic mass is 16.6. The Balaban J connectivity index is 3.63. The molecule has 0 aromatic rings. The summed E-state index contributed by atoms with van der Waals surface area (Å²) in [7, 11) is 0. The summed E-state index contributed by atoms with van der Waals surface area (Å²) in [4.78, 5) is 58.4. The Kier molecular flexibility index (Phi) is 30.3. The van der Waals surface area contributed by atoms with Crippen molar-refractivity contribution in [3.63, 3.8) is 0 Å². The molecule has 15 heteroatoms. The number of carbonyl (C=O) groups is 5. The molecule has 0 saturated carbocycles. The molecule has 0 saturated heterocycles. The van der Waals surface area contributed by atoms with Gasteiger partial charge in [0, 0.05) is 38.5 Å². The third-order valence-corrected chi connectivity index (χ3v) is 7.34. The minimum absolute atomic E-state index is 0.00326. The van der Waals surface area contributed by atoms with Gasteiger partial charge in [-0.15, -0.1) is 0 Å². The fourth-order valence-corrected chi connectivity index (χ4v) is 4.58. The monoisotopic (exact) mass is 734 g/mol. The normalized spacial score (nSPS) is 12.6. The van der Waals surface area contributed by atoms with Crippen LogP contribution >= 0.6 is 0 Å². The average Bonchev–Trinajstić information content (AvgIpc) is 3.05. The number of ketones is 1. The highest BCUT2D eigenvalue weighted by molar-refractivity contribution is 5.82. The summed E-state index contributed by atoms with van der Waals surface area (Å²) in [5.41, 5.74) is -0.534. The zero-order chi connectivity index (χ0) is 38.2. The molecule has 3 N–H and O–H groups in total. The Morgan fingerprint density at radius 2 is 1.16 bits per heavy atom. The van der Waals surface area contributed by atoms with Gasteiger partial charge in [-0.3, -0.25) is 24.0 Å². The first kappa shape index (κ1) is 48.3. The molecular weight excluding hydrogens is 668 g/mol. The van der Waals surface area contributed by atoms with Gasteiger partial charge in [-0.05, 0) is 58.8 Å². The van der Waals surface area contributed by atoms with Crippen molar-refractivity contribution in [2.75, 3.05) is 92.4 Å². The van der Waals surface area contributed by atoms with Crippen LogP contribution in [0.5, 0.6) is 0 Å². The standard InChI is InChI=1S/C36H66N2O13/c1-6-30(13-12-29(2)9-8-17-45-21-22-46-18-14-34(42)43)31(39)27-49-25-23-48-20-16-38-33(41)28-50-26-24-47-19-15-37-32(40)10-7-11-35(44)51-36(3,4)5/h29-30H,6-28H2,1-5H3,(H,37,40)(H,38,41)(H,42,43). The lowest BCUT2D eigenvalue weighted by Crippen LogP contribution is -2.31. The van der Waals surface area contributed by atoms with E-state index in [9.17, 15) is 24.0 Å². The summed E-state index contributed by atoms with van der Waals surface area (Å²) >= 11 is 0. The van der Waals surface area contributed by atoms with Crippen molar-refractivity contribution in [1.29, 1.82) is 0 Å². The van der Waals surface area contributed by atoms with E-state index >= 15 is 0 Å². The van der Waals surface area contributed by atoms with Gasteiger partial charge in [-0.25, -0.2) is 0 Å². The predicted molar refractivity (Wildman–Crippen MR) is 189 cm³/mol. The Bertz CT molecular complexity index is 943. The molecule has 0 aromatic heterocycles. The Morgan fingerprint density at radius 3 is 1.75 bits per heavy atom. The Hall–Kier alpha value is -2.69. The molecule has 0 bridgehead atoms. The van der Waals surface area contributed by atoms with Gasteiger partial charge >= 0.3 is 11.9 Å². The fourth-order valence-electron chi connectivity index (χ4n) is 4.58. The number of carboxylic acids is 1. The number of aliphatic carboxylic acids is 1. The summed E-state index contributed by atoms with van der Waals surface area (Å²) in [6.45, 7) is 13.6. The van der Waals surface area contributed by atoms with E-state index in [1.54, 1.807) is 20.8 Å². The van der Waals surface area contributed by atoms with Gasteiger partial charge in [0.15, 0.2) is 5.78 Å². The van der Waals surface area contributed by atoms with Gasteiger partial charge < -0.3 is 48.9 Å². The summed E-state index contributed by atoms with van der Waals surface area (Å²) in [5.74, 6) is -1.08. The smallest absolute Gasteiger partial charge is 0.306 e. The van der Waals surface area contributed by atoms with E-state index in [-0.39, 0.29) is 88.4 Å². The lowest BCUT2D eigenvalue weighted by Gasteiger charge is -2.19. The van der Waals surface area contributed by atoms with Crippen molar-refractivity contribution < 1.29 is 62.2 Å². The summed E-state index contributed by atoms with van der Waals surface area (Å²) in [5, 5.41) is 14.0. The minimum Gasteiger partial charge on any atom is -0.481 e. The van der Waals surface area contributed by atoms with Crippen LogP contribution in [0.25, 0.3) is 0 Å². The quantitative estimate of drug-likeness (QED) is 0.0636. The van der Waals surface area contributed by atoms with E-state index in [2.05, 4.69) is 17.6 Å². The van der Waals surface area contributed by atoms with E-state index in [1.165, 1.54) is 0 Å². The molecule has 0 fully saturated rings. The predicted octanol–water partition coefficient (Wildman–Crippen LogP) is 3.10. The molecule has 2 unspecified atom stereocenters. The number of ether oxygens (including phenoxy) is 7. The number of carboxylic acid groups (broad SMARTS) is 1. The highest BCUT2D eigenvalue weighted by Gasteiger charge is 2.18. The molecule has 0 spiro atoms.